The number of H-pyrrole nitrogens is 1. The molecule has 36 heavy (non-hydrogen) atoms. The van der Waals surface area contributed by atoms with Gasteiger partial charge in [-0.1, -0.05) is 47.7 Å². The van der Waals surface area contributed by atoms with Crippen LogP contribution >= 0.6 is 0 Å². The van der Waals surface area contributed by atoms with E-state index in [2.05, 4.69) is 32.7 Å². The number of hydrogen-bond donors (Lipinski definition) is 2. The maximum Gasteiger partial charge on any atom is 0.229 e. The zero-order valence-corrected chi connectivity index (χ0v) is 20.7. The topological polar surface area (TPSA) is 105 Å². The van der Waals surface area contributed by atoms with Gasteiger partial charge < -0.3 is 10.3 Å². The maximum atomic E-state index is 13.6. The predicted octanol–water partition coefficient (Wildman–Crippen LogP) is 4.86. The summed E-state index contributed by atoms with van der Waals surface area (Å²) in [6.07, 6.45) is 2.80. The number of aromatic nitrogens is 5. The van der Waals surface area contributed by atoms with Crippen molar-refractivity contribution in [1.82, 2.24) is 24.8 Å². The average Bonchev–Trinajstić information content (AvgIpc) is 3.50. The molecule has 0 bridgehead atoms. The number of sulfone groups is 1. The van der Waals surface area contributed by atoms with Crippen LogP contribution in [0, 0.1) is 13.8 Å². The van der Waals surface area contributed by atoms with Gasteiger partial charge in [-0.05, 0) is 61.2 Å². The van der Waals surface area contributed by atoms with E-state index in [0.29, 0.717) is 17.9 Å². The Balaban J connectivity index is 1.42. The lowest BCUT2D eigenvalue weighted by molar-refractivity contribution is 0.592. The number of hydrogen-bond acceptors (Lipinski definition) is 6. The van der Waals surface area contributed by atoms with E-state index >= 15 is 0 Å². The molecule has 0 aliphatic carbocycles. The third-order valence-corrected chi connectivity index (χ3v) is 8.26. The summed E-state index contributed by atoms with van der Waals surface area (Å²) in [6.45, 7) is 4.26. The van der Waals surface area contributed by atoms with E-state index in [9.17, 15) is 8.42 Å². The van der Waals surface area contributed by atoms with Crippen LogP contribution in [0.4, 0.5) is 5.82 Å². The fourth-order valence-corrected chi connectivity index (χ4v) is 6.17. The summed E-state index contributed by atoms with van der Waals surface area (Å²) in [7, 11) is -3.93. The number of anilines is 1. The smallest absolute Gasteiger partial charge is 0.229 e. The van der Waals surface area contributed by atoms with Gasteiger partial charge in [0.05, 0.1) is 10.4 Å². The molecule has 2 N–H and O–H groups in total. The van der Waals surface area contributed by atoms with Crippen LogP contribution in [-0.4, -0.2) is 39.8 Å². The first-order chi connectivity index (χ1) is 17.4. The monoisotopic (exact) mass is 496 g/mol. The van der Waals surface area contributed by atoms with Gasteiger partial charge in [-0.2, -0.15) is 4.52 Å². The second kappa shape index (κ2) is 8.46. The number of aromatic amines is 1. The van der Waals surface area contributed by atoms with Crippen molar-refractivity contribution in [1.29, 1.82) is 0 Å². The Labute approximate surface area is 207 Å². The molecular weight excluding hydrogens is 472 g/mol. The molecule has 0 aliphatic rings. The fraction of sp³-hybridized carbons (Fsp3) is 0.148. The van der Waals surface area contributed by atoms with Crippen LogP contribution in [0.25, 0.3) is 27.5 Å². The minimum Gasteiger partial charge on any atom is -0.369 e. The molecule has 0 saturated carbocycles. The van der Waals surface area contributed by atoms with Crippen LogP contribution in [0.15, 0.2) is 82.8 Å². The lowest BCUT2D eigenvalue weighted by Crippen LogP contribution is -2.10. The van der Waals surface area contributed by atoms with Crippen molar-refractivity contribution in [3.63, 3.8) is 0 Å². The molecule has 3 aromatic heterocycles. The van der Waals surface area contributed by atoms with Crippen LogP contribution in [0.2, 0.25) is 0 Å². The summed E-state index contributed by atoms with van der Waals surface area (Å²) >= 11 is 0. The van der Waals surface area contributed by atoms with Gasteiger partial charge >= 0.3 is 0 Å². The third kappa shape index (κ3) is 3.59. The standard InChI is InChI=1S/C27H24N6O2S/c1-17-11-12-18(2)24(15-17)36(34,35)27-26-30-25(21-8-4-6-10-23(21)33(26)32-31-27)28-14-13-19-16-29-22-9-5-3-7-20(19)22/h3-12,15-16,29H,13-14H2,1-2H3,(H,28,30). The van der Waals surface area contributed by atoms with Gasteiger partial charge in [0.15, 0.2) is 5.65 Å². The van der Waals surface area contributed by atoms with Crippen LogP contribution in [0.3, 0.4) is 0 Å². The fourth-order valence-electron chi connectivity index (χ4n) is 4.61. The van der Waals surface area contributed by atoms with Crippen molar-refractivity contribution in [2.24, 2.45) is 0 Å². The van der Waals surface area contributed by atoms with E-state index in [1.54, 1.807) is 19.1 Å². The highest BCUT2D eigenvalue weighted by Crippen LogP contribution is 2.29. The van der Waals surface area contributed by atoms with E-state index < -0.39 is 9.84 Å². The Kier molecular flexibility index (Phi) is 5.22. The second-order valence-electron chi connectivity index (χ2n) is 8.92. The first kappa shape index (κ1) is 22.2. The number of aryl methyl sites for hydroxylation is 2. The van der Waals surface area contributed by atoms with Gasteiger partial charge in [-0.15, -0.1) is 5.10 Å². The Morgan fingerprint density at radius 1 is 0.972 bits per heavy atom. The maximum absolute atomic E-state index is 13.6. The van der Waals surface area contributed by atoms with Gasteiger partial charge in [0.2, 0.25) is 14.9 Å². The van der Waals surface area contributed by atoms with Crippen molar-refractivity contribution in [2.45, 2.75) is 30.2 Å². The van der Waals surface area contributed by atoms with Crippen molar-refractivity contribution in [2.75, 3.05) is 11.9 Å². The average molecular weight is 497 g/mol. The van der Waals surface area contributed by atoms with Crippen molar-refractivity contribution in [3.05, 3.63) is 89.6 Å². The molecule has 0 atom stereocenters. The summed E-state index contributed by atoms with van der Waals surface area (Å²) in [6, 6.07) is 21.2. The lowest BCUT2D eigenvalue weighted by atomic mass is 10.1. The molecule has 6 rings (SSSR count). The summed E-state index contributed by atoms with van der Waals surface area (Å²) in [5.74, 6) is 0.595. The van der Waals surface area contributed by atoms with Gasteiger partial charge in [-0.25, -0.2) is 13.4 Å². The number of para-hydroxylation sites is 2. The third-order valence-electron chi connectivity index (χ3n) is 6.47. The van der Waals surface area contributed by atoms with Gasteiger partial charge in [-0.3, -0.25) is 0 Å². The predicted molar refractivity (Wildman–Crippen MR) is 140 cm³/mol. The van der Waals surface area contributed by atoms with E-state index in [4.69, 9.17) is 4.98 Å². The molecule has 3 aromatic carbocycles. The number of nitrogens with one attached hydrogen (secondary N) is 2. The molecule has 9 heteroatoms. The minimum atomic E-state index is -3.93. The molecule has 180 valence electrons. The first-order valence-corrected chi connectivity index (χ1v) is 13.2. The van der Waals surface area contributed by atoms with E-state index in [1.807, 2.05) is 55.6 Å². The Hall–Kier alpha value is -4.24. The number of rotatable bonds is 6. The summed E-state index contributed by atoms with van der Waals surface area (Å²) in [5, 5.41) is 13.6. The van der Waals surface area contributed by atoms with Crippen molar-refractivity contribution < 1.29 is 8.42 Å². The lowest BCUT2D eigenvalue weighted by Gasteiger charge is -2.11. The largest absolute Gasteiger partial charge is 0.369 e. The Morgan fingerprint density at radius 3 is 2.61 bits per heavy atom. The quantitative estimate of drug-likeness (QED) is 0.341. The van der Waals surface area contributed by atoms with Crippen molar-refractivity contribution in [3.8, 4) is 0 Å². The number of benzene rings is 3. The summed E-state index contributed by atoms with van der Waals surface area (Å²) in [5.41, 5.74) is 4.74. The molecule has 0 fully saturated rings. The molecule has 8 nitrogen and oxygen atoms in total. The minimum absolute atomic E-state index is 0.151. The highest BCUT2D eigenvalue weighted by atomic mass is 32.2. The SMILES string of the molecule is Cc1ccc(C)c(S(=O)(=O)c2nnn3c2nc(NCCc2c[nH]c4ccccc24)c2ccccc23)c1. The van der Waals surface area contributed by atoms with E-state index in [1.165, 1.54) is 15.5 Å². The molecule has 0 unspecified atom stereocenters. The first-order valence-electron chi connectivity index (χ1n) is 11.7. The molecule has 0 amide bonds. The molecule has 6 aromatic rings. The molecule has 0 radical (unpaired) electrons. The Morgan fingerprint density at radius 2 is 1.75 bits per heavy atom. The van der Waals surface area contributed by atoms with Crippen molar-refractivity contribution >= 4 is 43.1 Å². The molecule has 0 saturated heterocycles. The van der Waals surface area contributed by atoms with Crippen LogP contribution in [0.5, 0.6) is 0 Å². The van der Waals surface area contributed by atoms with E-state index in [-0.39, 0.29) is 15.6 Å². The molecular formula is C27H24N6O2S. The van der Waals surface area contributed by atoms with Gasteiger partial charge in [0, 0.05) is 29.0 Å². The van der Waals surface area contributed by atoms with Gasteiger partial charge in [0.1, 0.15) is 5.82 Å². The number of fused-ring (bicyclic) bond motifs is 4. The zero-order valence-electron chi connectivity index (χ0n) is 19.9. The normalized spacial score (nSPS) is 12.1. The van der Waals surface area contributed by atoms with Crippen LogP contribution < -0.4 is 5.32 Å². The van der Waals surface area contributed by atoms with Crippen LogP contribution in [-0.2, 0) is 16.3 Å². The second-order valence-corrected chi connectivity index (χ2v) is 10.7. The molecule has 0 spiro atoms. The van der Waals surface area contributed by atoms with Crippen LogP contribution in [0.1, 0.15) is 16.7 Å². The molecule has 0 aliphatic heterocycles. The highest BCUT2D eigenvalue weighted by molar-refractivity contribution is 7.91. The Bertz CT molecular complexity index is 1870. The zero-order chi connectivity index (χ0) is 24.9. The summed E-state index contributed by atoms with van der Waals surface area (Å²) in [4.78, 5) is 8.25. The van der Waals surface area contributed by atoms with E-state index in [0.717, 1.165) is 28.4 Å². The highest BCUT2D eigenvalue weighted by Gasteiger charge is 2.28. The van der Waals surface area contributed by atoms with Gasteiger partial charge in [0.25, 0.3) is 0 Å². The molecule has 3 heterocycles. The number of nitrogens with zero attached hydrogens (tertiary/aromatic N) is 4. The summed E-state index contributed by atoms with van der Waals surface area (Å²) < 4.78 is 28.8.